The summed E-state index contributed by atoms with van der Waals surface area (Å²) in [7, 11) is 0. The van der Waals surface area contributed by atoms with Gasteiger partial charge in [-0.25, -0.2) is 0 Å². The van der Waals surface area contributed by atoms with Gasteiger partial charge in [0, 0.05) is 5.92 Å². The van der Waals surface area contributed by atoms with Gasteiger partial charge in [-0.3, -0.25) is 0 Å². The Kier molecular flexibility index (Phi) is 2.40. The maximum atomic E-state index is 5.53. The number of hydrogen-bond acceptors (Lipinski definition) is 0. The van der Waals surface area contributed by atoms with Crippen molar-refractivity contribution >= 4 is 0 Å². The molecule has 0 N–H and O–H groups in total. The molecule has 0 nitrogen and oxygen atoms in total. The van der Waals surface area contributed by atoms with Crippen molar-refractivity contribution in [3.05, 3.63) is 0 Å². The fraction of sp³-hybridized carbons (Fsp3) is 0.833. The lowest BCUT2D eigenvalue weighted by molar-refractivity contribution is 0.263. The molecule has 0 aromatic rings. The van der Waals surface area contributed by atoms with E-state index < -0.39 is 0 Å². The minimum Gasteiger partial charge on any atom is -0.120 e. The molecule has 66 valence electrons. The normalized spacial score (nSPS) is 25.9. The Balaban J connectivity index is 1.70. The van der Waals surface area contributed by atoms with E-state index in [0.717, 1.165) is 11.8 Å². The second-order valence-electron chi connectivity index (χ2n) is 4.58. The molecular formula is C12H18. The molecule has 2 fully saturated rings. The van der Waals surface area contributed by atoms with Gasteiger partial charge >= 0.3 is 0 Å². The van der Waals surface area contributed by atoms with Gasteiger partial charge in [-0.15, -0.1) is 12.3 Å². The first-order valence-corrected chi connectivity index (χ1v) is 5.34. The molecule has 1 unspecified atom stereocenters. The molecule has 0 aliphatic heterocycles. The van der Waals surface area contributed by atoms with Crippen LogP contribution in [0.4, 0.5) is 0 Å². The van der Waals surface area contributed by atoms with Crippen LogP contribution in [0.2, 0.25) is 0 Å². The average Bonchev–Trinajstić information content (AvgIpc) is 2.77. The zero-order valence-electron chi connectivity index (χ0n) is 7.76. The van der Waals surface area contributed by atoms with Gasteiger partial charge in [-0.1, -0.05) is 32.1 Å². The van der Waals surface area contributed by atoms with E-state index in [-0.39, 0.29) is 0 Å². The summed E-state index contributed by atoms with van der Waals surface area (Å²) in [4.78, 5) is 0. The van der Waals surface area contributed by atoms with E-state index >= 15 is 0 Å². The lowest BCUT2D eigenvalue weighted by Gasteiger charge is -2.27. The number of rotatable bonds is 4. The molecule has 0 amide bonds. The molecule has 0 aromatic carbocycles. The average molecular weight is 162 g/mol. The van der Waals surface area contributed by atoms with Crippen molar-refractivity contribution < 1.29 is 0 Å². The Bertz CT molecular complexity index is 179. The molecule has 0 aromatic heterocycles. The van der Waals surface area contributed by atoms with Gasteiger partial charge in [-0.2, -0.15) is 0 Å². The van der Waals surface area contributed by atoms with Crippen molar-refractivity contribution in [2.75, 3.05) is 0 Å². The van der Waals surface area contributed by atoms with Gasteiger partial charge in [0.15, 0.2) is 0 Å². The lowest BCUT2D eigenvalue weighted by atomic mass is 9.78. The van der Waals surface area contributed by atoms with Crippen molar-refractivity contribution in [1.29, 1.82) is 0 Å². The largest absolute Gasteiger partial charge is 0.120 e. The van der Waals surface area contributed by atoms with Gasteiger partial charge in [0.2, 0.25) is 0 Å². The Labute approximate surface area is 75.7 Å². The molecule has 12 heavy (non-hydrogen) atoms. The zero-order valence-corrected chi connectivity index (χ0v) is 7.76. The van der Waals surface area contributed by atoms with Gasteiger partial charge in [0.1, 0.15) is 0 Å². The van der Waals surface area contributed by atoms with Crippen molar-refractivity contribution in [1.82, 2.24) is 0 Å². The molecule has 0 saturated heterocycles. The minimum absolute atomic E-state index is 0.614. The van der Waals surface area contributed by atoms with Crippen LogP contribution < -0.4 is 0 Å². The van der Waals surface area contributed by atoms with Gasteiger partial charge in [-0.05, 0) is 24.7 Å². The second kappa shape index (κ2) is 3.52. The Morgan fingerprint density at radius 2 is 1.67 bits per heavy atom. The third-order valence-corrected chi connectivity index (χ3v) is 3.39. The molecule has 2 aliphatic carbocycles. The van der Waals surface area contributed by atoms with Gasteiger partial charge in [0.05, 0.1) is 0 Å². The molecule has 1 atom stereocenters. The van der Waals surface area contributed by atoms with E-state index in [1.54, 1.807) is 0 Å². The Hall–Kier alpha value is -0.440. The first-order chi connectivity index (χ1) is 5.88. The van der Waals surface area contributed by atoms with Crippen molar-refractivity contribution in [3.63, 3.8) is 0 Å². The first kappa shape index (κ1) is 8.17. The molecule has 0 radical (unpaired) electrons. The fourth-order valence-electron chi connectivity index (χ4n) is 2.12. The maximum Gasteiger partial charge on any atom is 0.0205 e. The molecule has 0 bridgehead atoms. The third-order valence-electron chi connectivity index (χ3n) is 3.39. The summed E-state index contributed by atoms with van der Waals surface area (Å²) in [6.45, 7) is 0. The van der Waals surface area contributed by atoms with E-state index in [0.29, 0.717) is 5.92 Å². The summed E-state index contributed by atoms with van der Waals surface area (Å²) < 4.78 is 0. The quantitative estimate of drug-likeness (QED) is 0.557. The maximum absolute atomic E-state index is 5.53. The lowest BCUT2D eigenvalue weighted by Crippen LogP contribution is -2.15. The standard InChI is InChI=1S/C12H18/c1-2-10(9-12-6-7-12)8-11-4-3-5-11/h1,10-12H,3-9H2. The smallest absolute Gasteiger partial charge is 0.0205 e. The molecule has 2 aliphatic rings. The highest BCUT2D eigenvalue weighted by molar-refractivity contribution is 4.97. The Morgan fingerprint density at radius 1 is 1.08 bits per heavy atom. The predicted molar refractivity (Wildman–Crippen MR) is 51.6 cm³/mol. The van der Waals surface area contributed by atoms with E-state index in [1.165, 1.54) is 44.9 Å². The summed E-state index contributed by atoms with van der Waals surface area (Å²) >= 11 is 0. The van der Waals surface area contributed by atoms with Crippen molar-refractivity contribution in [3.8, 4) is 12.3 Å². The van der Waals surface area contributed by atoms with E-state index in [1.807, 2.05) is 0 Å². The van der Waals surface area contributed by atoms with Crippen LogP contribution in [-0.2, 0) is 0 Å². The van der Waals surface area contributed by atoms with Crippen LogP contribution >= 0.6 is 0 Å². The van der Waals surface area contributed by atoms with Gasteiger partial charge < -0.3 is 0 Å². The summed E-state index contributed by atoms with van der Waals surface area (Å²) in [5.74, 6) is 5.58. The van der Waals surface area contributed by atoms with Crippen LogP contribution in [0.1, 0.15) is 44.9 Å². The number of terminal acetylenes is 1. The highest BCUT2D eigenvalue weighted by atomic mass is 14.3. The summed E-state index contributed by atoms with van der Waals surface area (Å²) in [5.41, 5.74) is 0. The SMILES string of the molecule is C#CC(CC1CCC1)CC1CC1. The number of hydrogen-bond donors (Lipinski definition) is 0. The summed E-state index contributed by atoms with van der Waals surface area (Å²) in [6, 6.07) is 0. The van der Waals surface area contributed by atoms with Crippen LogP contribution in [0, 0.1) is 30.1 Å². The molecule has 0 heterocycles. The zero-order chi connectivity index (χ0) is 8.39. The highest BCUT2D eigenvalue weighted by Gasteiger charge is 2.27. The third kappa shape index (κ3) is 2.03. The van der Waals surface area contributed by atoms with Crippen molar-refractivity contribution in [2.24, 2.45) is 17.8 Å². The molecule has 0 heteroatoms. The topological polar surface area (TPSA) is 0 Å². The van der Waals surface area contributed by atoms with Crippen molar-refractivity contribution in [2.45, 2.75) is 44.9 Å². The molecule has 2 saturated carbocycles. The van der Waals surface area contributed by atoms with Crippen LogP contribution in [-0.4, -0.2) is 0 Å². The summed E-state index contributed by atoms with van der Waals surface area (Å²) in [5, 5.41) is 0. The molecular weight excluding hydrogens is 144 g/mol. The van der Waals surface area contributed by atoms with Crippen LogP contribution in [0.5, 0.6) is 0 Å². The predicted octanol–water partition coefficient (Wildman–Crippen LogP) is 3.23. The van der Waals surface area contributed by atoms with Crippen LogP contribution in [0.25, 0.3) is 0 Å². The van der Waals surface area contributed by atoms with Crippen LogP contribution in [0.15, 0.2) is 0 Å². The molecule has 2 rings (SSSR count). The van der Waals surface area contributed by atoms with Crippen LogP contribution in [0.3, 0.4) is 0 Å². The molecule has 0 spiro atoms. The fourth-order valence-corrected chi connectivity index (χ4v) is 2.12. The van der Waals surface area contributed by atoms with Gasteiger partial charge in [0.25, 0.3) is 0 Å². The van der Waals surface area contributed by atoms with E-state index in [9.17, 15) is 0 Å². The van der Waals surface area contributed by atoms with E-state index in [2.05, 4.69) is 5.92 Å². The second-order valence-corrected chi connectivity index (χ2v) is 4.58. The monoisotopic (exact) mass is 162 g/mol. The summed E-state index contributed by atoms with van der Waals surface area (Å²) in [6.07, 6.45) is 15.4. The Morgan fingerprint density at radius 3 is 2.00 bits per heavy atom. The highest BCUT2D eigenvalue weighted by Crippen LogP contribution is 2.39. The minimum atomic E-state index is 0.614. The first-order valence-electron chi connectivity index (χ1n) is 5.34. The van der Waals surface area contributed by atoms with E-state index in [4.69, 9.17) is 6.42 Å².